The van der Waals surface area contributed by atoms with Gasteiger partial charge in [0.05, 0.1) is 6.54 Å². The molecule has 2 heterocycles. The first kappa shape index (κ1) is 14.5. The normalized spacial score (nSPS) is 21.9. The van der Waals surface area contributed by atoms with Crippen LogP contribution in [-0.2, 0) is 0 Å². The lowest BCUT2D eigenvalue weighted by Gasteiger charge is -2.22. The van der Waals surface area contributed by atoms with Crippen LogP contribution in [0.3, 0.4) is 0 Å². The Bertz CT molecular complexity index is 543. The fourth-order valence-corrected chi connectivity index (χ4v) is 3.27. The highest BCUT2D eigenvalue weighted by Gasteiger charge is 2.24. The summed E-state index contributed by atoms with van der Waals surface area (Å²) in [5.41, 5.74) is 2.58. The standard InChI is InChI=1S/C16H23ClN4/c1-12-3-4-14(17)9-15(12)21-7-5-13(11-21)10-19-16-18-6-8-20(16)2/h3-4,9,13H,5-8,10-11H2,1-2H3,(H,18,19). The molecule has 114 valence electrons. The van der Waals surface area contributed by atoms with Crippen molar-refractivity contribution in [2.75, 3.05) is 44.7 Å². The third kappa shape index (κ3) is 3.26. The Morgan fingerprint density at radius 1 is 1.38 bits per heavy atom. The topological polar surface area (TPSA) is 30.9 Å². The molecule has 0 aliphatic carbocycles. The molecule has 1 unspecified atom stereocenters. The summed E-state index contributed by atoms with van der Waals surface area (Å²) in [6.45, 7) is 7.29. The van der Waals surface area contributed by atoms with Gasteiger partial charge in [0.2, 0.25) is 0 Å². The lowest BCUT2D eigenvalue weighted by Crippen LogP contribution is -2.38. The highest BCUT2D eigenvalue weighted by Crippen LogP contribution is 2.29. The van der Waals surface area contributed by atoms with E-state index < -0.39 is 0 Å². The highest BCUT2D eigenvalue weighted by atomic mass is 35.5. The number of benzene rings is 1. The van der Waals surface area contributed by atoms with Crippen LogP contribution in [0.1, 0.15) is 12.0 Å². The molecule has 0 amide bonds. The zero-order valence-corrected chi connectivity index (χ0v) is 13.5. The van der Waals surface area contributed by atoms with Gasteiger partial charge in [0.15, 0.2) is 5.96 Å². The number of anilines is 1. The number of likely N-dealkylation sites (N-methyl/N-ethyl adjacent to an activating group) is 1. The maximum Gasteiger partial charge on any atom is 0.193 e. The van der Waals surface area contributed by atoms with Crippen LogP contribution in [0.2, 0.25) is 5.02 Å². The van der Waals surface area contributed by atoms with Gasteiger partial charge in [-0.25, -0.2) is 0 Å². The van der Waals surface area contributed by atoms with E-state index in [1.807, 2.05) is 6.07 Å². The third-order valence-corrected chi connectivity index (χ3v) is 4.64. The Morgan fingerprint density at radius 2 is 2.24 bits per heavy atom. The summed E-state index contributed by atoms with van der Waals surface area (Å²) in [5, 5.41) is 4.31. The van der Waals surface area contributed by atoms with E-state index >= 15 is 0 Å². The smallest absolute Gasteiger partial charge is 0.193 e. The molecule has 4 nitrogen and oxygen atoms in total. The van der Waals surface area contributed by atoms with Crippen molar-refractivity contribution in [1.29, 1.82) is 0 Å². The van der Waals surface area contributed by atoms with Gasteiger partial charge in [-0.05, 0) is 37.0 Å². The number of halogens is 1. The van der Waals surface area contributed by atoms with Crippen molar-refractivity contribution in [2.24, 2.45) is 10.9 Å². The molecule has 1 N–H and O–H groups in total. The first-order valence-electron chi connectivity index (χ1n) is 7.64. The molecule has 0 saturated carbocycles. The average molecular weight is 307 g/mol. The minimum absolute atomic E-state index is 0.667. The first-order chi connectivity index (χ1) is 10.1. The zero-order chi connectivity index (χ0) is 14.8. The highest BCUT2D eigenvalue weighted by molar-refractivity contribution is 6.30. The van der Waals surface area contributed by atoms with Gasteiger partial charge in [0, 0.05) is 43.9 Å². The quantitative estimate of drug-likeness (QED) is 0.930. The summed E-state index contributed by atoms with van der Waals surface area (Å²) >= 11 is 6.13. The Hall–Kier alpha value is -1.42. The molecule has 1 aromatic carbocycles. The van der Waals surface area contributed by atoms with E-state index in [0.717, 1.165) is 43.7 Å². The molecular weight excluding hydrogens is 284 g/mol. The number of rotatable bonds is 3. The van der Waals surface area contributed by atoms with Crippen LogP contribution in [0.15, 0.2) is 23.2 Å². The second kappa shape index (κ2) is 6.14. The van der Waals surface area contributed by atoms with Gasteiger partial charge in [-0.2, -0.15) is 0 Å². The fraction of sp³-hybridized carbons (Fsp3) is 0.562. The van der Waals surface area contributed by atoms with Gasteiger partial charge in [-0.1, -0.05) is 17.7 Å². The van der Waals surface area contributed by atoms with Crippen molar-refractivity contribution < 1.29 is 0 Å². The monoisotopic (exact) mass is 306 g/mol. The largest absolute Gasteiger partial charge is 0.371 e. The first-order valence-corrected chi connectivity index (χ1v) is 8.02. The van der Waals surface area contributed by atoms with E-state index in [0.29, 0.717) is 5.92 Å². The van der Waals surface area contributed by atoms with E-state index in [4.69, 9.17) is 11.6 Å². The van der Waals surface area contributed by atoms with Crippen molar-refractivity contribution in [3.8, 4) is 0 Å². The minimum Gasteiger partial charge on any atom is -0.371 e. The Morgan fingerprint density at radius 3 is 3.00 bits per heavy atom. The van der Waals surface area contributed by atoms with E-state index in [1.54, 1.807) is 0 Å². The van der Waals surface area contributed by atoms with Crippen molar-refractivity contribution in [3.05, 3.63) is 28.8 Å². The molecule has 5 heteroatoms. The van der Waals surface area contributed by atoms with Crippen molar-refractivity contribution >= 4 is 23.2 Å². The van der Waals surface area contributed by atoms with Crippen LogP contribution in [0, 0.1) is 12.8 Å². The summed E-state index contributed by atoms with van der Waals surface area (Å²) in [4.78, 5) is 9.12. The number of nitrogens with one attached hydrogen (secondary N) is 1. The number of hydrogen-bond donors (Lipinski definition) is 1. The Kier molecular flexibility index (Phi) is 4.24. The SMILES string of the molecule is Cc1ccc(Cl)cc1N1CCC(CNC2=NCCN2C)C1. The summed E-state index contributed by atoms with van der Waals surface area (Å²) < 4.78 is 0. The second-order valence-corrected chi connectivity index (χ2v) is 6.48. The predicted molar refractivity (Wildman–Crippen MR) is 89.4 cm³/mol. The van der Waals surface area contributed by atoms with E-state index in [-0.39, 0.29) is 0 Å². The minimum atomic E-state index is 0.667. The number of aliphatic imine (C=N–C) groups is 1. The van der Waals surface area contributed by atoms with Crippen molar-refractivity contribution in [3.63, 3.8) is 0 Å². The predicted octanol–water partition coefficient (Wildman–Crippen LogP) is 2.37. The summed E-state index contributed by atoms with van der Waals surface area (Å²) in [5.74, 6) is 1.72. The Labute approximate surface area is 131 Å². The van der Waals surface area contributed by atoms with Crippen molar-refractivity contribution in [2.45, 2.75) is 13.3 Å². The maximum absolute atomic E-state index is 6.13. The van der Waals surface area contributed by atoms with Crippen LogP contribution in [0.25, 0.3) is 0 Å². The van der Waals surface area contributed by atoms with Crippen molar-refractivity contribution in [1.82, 2.24) is 10.2 Å². The van der Waals surface area contributed by atoms with Gasteiger partial charge >= 0.3 is 0 Å². The number of hydrogen-bond acceptors (Lipinski definition) is 4. The molecular formula is C16H23ClN4. The molecule has 1 fully saturated rings. The average Bonchev–Trinajstić information content (AvgIpc) is 3.08. The van der Waals surface area contributed by atoms with Gasteiger partial charge in [-0.3, -0.25) is 4.99 Å². The van der Waals surface area contributed by atoms with Crippen LogP contribution in [-0.4, -0.2) is 50.6 Å². The lowest BCUT2D eigenvalue weighted by molar-refractivity contribution is 0.508. The van der Waals surface area contributed by atoms with Crippen LogP contribution in [0.4, 0.5) is 5.69 Å². The molecule has 0 radical (unpaired) electrons. The van der Waals surface area contributed by atoms with Gasteiger partial charge < -0.3 is 15.1 Å². The molecule has 2 aliphatic heterocycles. The van der Waals surface area contributed by atoms with Crippen LogP contribution < -0.4 is 10.2 Å². The fourth-order valence-electron chi connectivity index (χ4n) is 3.10. The summed E-state index contributed by atoms with van der Waals surface area (Å²) in [7, 11) is 2.09. The lowest BCUT2D eigenvalue weighted by atomic mass is 10.1. The molecule has 1 aromatic rings. The molecule has 3 rings (SSSR count). The summed E-state index contributed by atoms with van der Waals surface area (Å²) in [6.07, 6.45) is 1.22. The maximum atomic E-state index is 6.13. The third-order valence-electron chi connectivity index (χ3n) is 4.41. The molecule has 1 saturated heterocycles. The van der Waals surface area contributed by atoms with E-state index in [2.05, 4.69) is 46.2 Å². The molecule has 0 bridgehead atoms. The summed E-state index contributed by atoms with van der Waals surface area (Å²) in [6, 6.07) is 6.15. The van der Waals surface area contributed by atoms with Gasteiger partial charge in [0.1, 0.15) is 0 Å². The van der Waals surface area contributed by atoms with Gasteiger partial charge in [0.25, 0.3) is 0 Å². The molecule has 1 atom stereocenters. The van der Waals surface area contributed by atoms with E-state index in [9.17, 15) is 0 Å². The number of guanidine groups is 1. The number of nitrogens with zero attached hydrogens (tertiary/aromatic N) is 3. The molecule has 2 aliphatic rings. The van der Waals surface area contributed by atoms with Gasteiger partial charge in [-0.15, -0.1) is 0 Å². The zero-order valence-electron chi connectivity index (χ0n) is 12.8. The van der Waals surface area contributed by atoms with Crippen LogP contribution >= 0.6 is 11.6 Å². The molecule has 0 spiro atoms. The Balaban J connectivity index is 1.57. The van der Waals surface area contributed by atoms with E-state index in [1.165, 1.54) is 17.7 Å². The molecule has 0 aromatic heterocycles. The number of aryl methyl sites for hydroxylation is 1. The molecule has 21 heavy (non-hydrogen) atoms. The van der Waals surface area contributed by atoms with Crippen LogP contribution in [0.5, 0.6) is 0 Å². The second-order valence-electron chi connectivity index (χ2n) is 6.04.